The van der Waals surface area contributed by atoms with Crippen molar-refractivity contribution in [1.82, 2.24) is 4.98 Å². The first kappa shape index (κ1) is 9.02. The number of aromatic carboxylic acids is 1. The van der Waals surface area contributed by atoms with Crippen molar-refractivity contribution < 1.29 is 23.8 Å². The van der Waals surface area contributed by atoms with Crippen molar-refractivity contribution in [3.05, 3.63) is 18.0 Å². The van der Waals surface area contributed by atoms with Crippen LogP contribution in [0.3, 0.4) is 0 Å². The van der Waals surface area contributed by atoms with Gasteiger partial charge in [-0.05, 0) is 0 Å². The molecule has 0 amide bonds. The molecule has 0 bridgehead atoms. The number of hydrogen-bond donors (Lipinski definition) is 1. The summed E-state index contributed by atoms with van der Waals surface area (Å²) in [6.45, 7) is 0.828. The van der Waals surface area contributed by atoms with Crippen molar-refractivity contribution in [3.8, 4) is 11.6 Å². The Hall–Kier alpha value is -2.24. The maximum absolute atomic E-state index is 10.9. The van der Waals surface area contributed by atoms with Crippen LogP contribution in [0.1, 0.15) is 10.4 Å². The van der Waals surface area contributed by atoms with Crippen LogP contribution in [0.15, 0.2) is 16.9 Å². The fourth-order valence-electron chi connectivity index (χ4n) is 1.63. The third-order valence-corrected chi connectivity index (χ3v) is 2.34. The number of nitrogens with zero attached hydrogens (tertiary/aromatic N) is 1. The van der Waals surface area contributed by atoms with E-state index in [1.807, 2.05) is 0 Å². The fraction of sp³-hybridized carbons (Fsp3) is 0.200. The Kier molecular flexibility index (Phi) is 1.76. The second kappa shape index (κ2) is 3.13. The van der Waals surface area contributed by atoms with Crippen molar-refractivity contribution in [2.75, 3.05) is 13.2 Å². The van der Waals surface area contributed by atoms with Crippen LogP contribution in [0.25, 0.3) is 11.0 Å². The first-order chi connectivity index (χ1) is 7.77. The van der Waals surface area contributed by atoms with Crippen LogP contribution in [0.4, 0.5) is 0 Å². The Bertz CT molecular complexity index is 574. The molecule has 0 saturated carbocycles. The van der Waals surface area contributed by atoms with Crippen LogP contribution in [-0.4, -0.2) is 29.3 Å². The van der Waals surface area contributed by atoms with Gasteiger partial charge in [-0.1, -0.05) is 0 Å². The van der Waals surface area contributed by atoms with E-state index in [4.69, 9.17) is 19.0 Å². The summed E-state index contributed by atoms with van der Waals surface area (Å²) >= 11 is 0. The average molecular weight is 221 g/mol. The van der Waals surface area contributed by atoms with Gasteiger partial charge in [0.25, 0.3) is 5.88 Å². The molecule has 2 aromatic rings. The summed E-state index contributed by atoms with van der Waals surface area (Å²) in [4.78, 5) is 14.9. The van der Waals surface area contributed by atoms with Crippen LogP contribution in [0, 0.1) is 0 Å². The SMILES string of the molecule is O=C(O)c1coc2c3c(ncc12)OCCO3. The Labute approximate surface area is 89.4 Å². The monoisotopic (exact) mass is 221 g/mol. The Morgan fingerprint density at radius 2 is 2.19 bits per heavy atom. The number of rotatable bonds is 1. The van der Waals surface area contributed by atoms with Gasteiger partial charge in [0.15, 0.2) is 5.58 Å². The van der Waals surface area contributed by atoms with Gasteiger partial charge >= 0.3 is 5.97 Å². The molecule has 0 saturated heterocycles. The van der Waals surface area contributed by atoms with E-state index in [2.05, 4.69) is 4.98 Å². The number of carboxylic acid groups (broad SMARTS) is 1. The number of hydrogen-bond acceptors (Lipinski definition) is 5. The smallest absolute Gasteiger partial charge is 0.339 e. The van der Waals surface area contributed by atoms with Crippen LogP contribution in [-0.2, 0) is 0 Å². The molecule has 0 fully saturated rings. The highest BCUT2D eigenvalue weighted by atomic mass is 16.6. The second-order valence-corrected chi connectivity index (χ2v) is 3.29. The molecular formula is C10H7NO5. The topological polar surface area (TPSA) is 81.8 Å². The van der Waals surface area contributed by atoms with Gasteiger partial charge < -0.3 is 19.0 Å². The number of carboxylic acids is 1. The van der Waals surface area contributed by atoms with E-state index in [9.17, 15) is 4.79 Å². The number of carbonyl (C=O) groups is 1. The van der Waals surface area contributed by atoms with Crippen molar-refractivity contribution in [1.29, 1.82) is 0 Å². The van der Waals surface area contributed by atoms with Gasteiger partial charge in [0, 0.05) is 6.20 Å². The molecule has 2 aromatic heterocycles. The number of ether oxygens (including phenoxy) is 2. The molecule has 1 N–H and O–H groups in total. The number of fused-ring (bicyclic) bond motifs is 3. The zero-order chi connectivity index (χ0) is 11.1. The molecule has 0 radical (unpaired) electrons. The zero-order valence-corrected chi connectivity index (χ0v) is 8.10. The molecule has 0 aromatic carbocycles. The number of pyridine rings is 1. The van der Waals surface area contributed by atoms with Gasteiger partial charge in [0.2, 0.25) is 5.75 Å². The minimum absolute atomic E-state index is 0.0690. The van der Waals surface area contributed by atoms with Crippen LogP contribution >= 0.6 is 0 Å². The summed E-state index contributed by atoms with van der Waals surface area (Å²) in [6, 6.07) is 0. The maximum Gasteiger partial charge on any atom is 0.339 e. The van der Waals surface area contributed by atoms with Crippen molar-refractivity contribution >= 4 is 16.9 Å². The first-order valence-corrected chi connectivity index (χ1v) is 4.66. The zero-order valence-electron chi connectivity index (χ0n) is 8.10. The molecule has 0 unspecified atom stereocenters. The summed E-state index contributed by atoms with van der Waals surface area (Å²) in [5.41, 5.74) is 0.432. The standard InChI is InChI=1S/C10H7NO5/c12-10(13)6-4-16-7-5(6)3-11-9-8(7)14-1-2-15-9/h3-4H,1-2H2,(H,12,13). The number of aromatic nitrogens is 1. The summed E-state index contributed by atoms with van der Waals surface area (Å²) in [7, 11) is 0. The third-order valence-electron chi connectivity index (χ3n) is 2.34. The van der Waals surface area contributed by atoms with Crippen molar-refractivity contribution in [2.24, 2.45) is 0 Å². The molecule has 16 heavy (non-hydrogen) atoms. The normalized spacial score (nSPS) is 14.0. The van der Waals surface area contributed by atoms with Gasteiger partial charge in [-0.15, -0.1) is 0 Å². The lowest BCUT2D eigenvalue weighted by atomic mass is 10.2. The van der Waals surface area contributed by atoms with E-state index < -0.39 is 5.97 Å². The molecule has 1 aliphatic rings. The Morgan fingerprint density at radius 3 is 3.00 bits per heavy atom. The van der Waals surface area contributed by atoms with Crippen molar-refractivity contribution in [3.63, 3.8) is 0 Å². The molecule has 0 aliphatic carbocycles. The summed E-state index contributed by atoms with van der Waals surface area (Å²) in [5.74, 6) is -0.349. The molecule has 3 heterocycles. The van der Waals surface area contributed by atoms with Gasteiger partial charge in [-0.25, -0.2) is 9.78 Å². The van der Waals surface area contributed by atoms with E-state index in [0.717, 1.165) is 0 Å². The largest absolute Gasteiger partial charge is 0.482 e. The summed E-state index contributed by atoms with van der Waals surface area (Å²) in [5, 5.41) is 9.33. The van der Waals surface area contributed by atoms with Gasteiger partial charge in [0.05, 0.1) is 5.39 Å². The van der Waals surface area contributed by atoms with E-state index in [1.54, 1.807) is 0 Å². The van der Waals surface area contributed by atoms with Crippen LogP contribution < -0.4 is 9.47 Å². The van der Waals surface area contributed by atoms with E-state index in [1.165, 1.54) is 12.5 Å². The van der Waals surface area contributed by atoms with E-state index >= 15 is 0 Å². The molecule has 1 aliphatic heterocycles. The lowest BCUT2D eigenvalue weighted by Crippen LogP contribution is -2.16. The van der Waals surface area contributed by atoms with Crippen LogP contribution in [0.5, 0.6) is 11.6 Å². The fourth-order valence-corrected chi connectivity index (χ4v) is 1.63. The first-order valence-electron chi connectivity index (χ1n) is 4.66. The van der Waals surface area contributed by atoms with Crippen LogP contribution in [0.2, 0.25) is 0 Å². The Morgan fingerprint density at radius 1 is 1.38 bits per heavy atom. The highest BCUT2D eigenvalue weighted by molar-refractivity contribution is 6.03. The number of furan rings is 1. The third kappa shape index (κ3) is 1.13. The molecule has 0 spiro atoms. The second-order valence-electron chi connectivity index (χ2n) is 3.29. The Balaban J connectivity index is 2.29. The lowest BCUT2D eigenvalue weighted by Gasteiger charge is -2.16. The predicted molar refractivity (Wildman–Crippen MR) is 52.0 cm³/mol. The van der Waals surface area contributed by atoms with Gasteiger partial charge in [-0.2, -0.15) is 0 Å². The predicted octanol–water partition coefficient (Wildman–Crippen LogP) is 1.30. The summed E-state index contributed by atoms with van der Waals surface area (Å²) < 4.78 is 15.8. The molecular weight excluding hydrogens is 214 g/mol. The molecule has 6 heteroatoms. The highest BCUT2D eigenvalue weighted by Gasteiger charge is 2.22. The highest BCUT2D eigenvalue weighted by Crippen LogP contribution is 2.37. The van der Waals surface area contributed by atoms with Crippen molar-refractivity contribution in [2.45, 2.75) is 0 Å². The minimum Gasteiger partial charge on any atom is -0.482 e. The molecule has 0 atom stereocenters. The quantitative estimate of drug-likeness (QED) is 0.781. The maximum atomic E-state index is 10.9. The van der Waals surface area contributed by atoms with Gasteiger partial charge in [0.1, 0.15) is 25.0 Å². The molecule has 3 rings (SSSR count). The minimum atomic E-state index is -1.06. The van der Waals surface area contributed by atoms with Gasteiger partial charge in [-0.3, -0.25) is 0 Å². The summed E-state index contributed by atoms with van der Waals surface area (Å²) in [6.07, 6.45) is 2.59. The van der Waals surface area contributed by atoms with E-state index in [0.29, 0.717) is 35.8 Å². The lowest BCUT2D eigenvalue weighted by molar-refractivity contribution is 0.0698. The molecule has 6 nitrogen and oxygen atoms in total. The molecule has 82 valence electrons. The van der Waals surface area contributed by atoms with E-state index in [-0.39, 0.29) is 5.56 Å². The average Bonchev–Trinajstić information content (AvgIpc) is 2.73.